The van der Waals surface area contributed by atoms with Gasteiger partial charge < -0.3 is 9.84 Å². The number of nitrogens with zero attached hydrogens (tertiary/aromatic N) is 3. The van der Waals surface area contributed by atoms with Crippen LogP contribution >= 0.6 is 15.9 Å². The molecular weight excluding hydrogens is 434 g/mol. The van der Waals surface area contributed by atoms with Gasteiger partial charge in [0.15, 0.2) is 0 Å². The van der Waals surface area contributed by atoms with E-state index >= 15 is 0 Å². The molecule has 0 bridgehead atoms. The summed E-state index contributed by atoms with van der Waals surface area (Å²) in [6.07, 6.45) is -0.992. The zero-order valence-corrected chi connectivity index (χ0v) is 17.5. The summed E-state index contributed by atoms with van der Waals surface area (Å²) in [4.78, 5) is 25.9. The number of ether oxygens (including phenoxy) is 1. The molecule has 1 aliphatic heterocycles. The van der Waals surface area contributed by atoms with Crippen LogP contribution in [-0.4, -0.2) is 46.7 Å². The van der Waals surface area contributed by atoms with Crippen molar-refractivity contribution in [2.24, 2.45) is 9.98 Å². The normalized spacial score (nSPS) is 20.4. The van der Waals surface area contributed by atoms with Crippen molar-refractivity contribution >= 4 is 39.0 Å². The predicted octanol–water partition coefficient (Wildman–Crippen LogP) is 4.25. The Kier molecular flexibility index (Phi) is 5.60. The lowest BCUT2D eigenvalue weighted by Gasteiger charge is -2.16. The number of carbonyl (C=O) groups is 1. The Balaban J connectivity index is 2.08. The quantitative estimate of drug-likeness (QED) is 0.624. The highest BCUT2D eigenvalue weighted by Crippen LogP contribution is 2.31. The third kappa shape index (κ3) is 5.58. The van der Waals surface area contributed by atoms with E-state index in [2.05, 4.69) is 20.9 Å². The number of methoxy groups -OCH3 is 1. The molecule has 2 atom stereocenters. The fourth-order valence-electron chi connectivity index (χ4n) is 3.09. The van der Waals surface area contributed by atoms with Crippen molar-refractivity contribution in [2.75, 3.05) is 7.11 Å². The van der Waals surface area contributed by atoms with Crippen molar-refractivity contribution in [1.82, 2.24) is 4.98 Å². The molecule has 0 saturated carbocycles. The topological polar surface area (TPSA) is 84.1 Å². The molecule has 0 aliphatic carbocycles. The first kappa shape index (κ1) is 16.4. The van der Waals surface area contributed by atoms with Gasteiger partial charge in [-0.05, 0) is 56.4 Å². The number of halogens is 1. The van der Waals surface area contributed by atoms with Crippen molar-refractivity contribution in [1.29, 1.82) is 0 Å². The first-order valence-corrected chi connectivity index (χ1v) is 9.97. The minimum absolute atomic E-state index is 0.0126. The van der Waals surface area contributed by atoms with Crippen LogP contribution in [0.3, 0.4) is 0 Å². The summed E-state index contributed by atoms with van der Waals surface area (Å²) in [6.45, 7) is -2.87. The molecule has 3 rings (SSSR count). The summed E-state index contributed by atoms with van der Waals surface area (Å²) in [7, 11) is 1.30. The predicted molar refractivity (Wildman–Crippen MR) is 117 cm³/mol. The maximum absolute atomic E-state index is 11.8. The first-order valence-electron chi connectivity index (χ1n) is 11.2. The number of hydrogen-bond acceptors (Lipinski definition) is 6. The zero-order chi connectivity index (χ0) is 24.2. The summed E-state index contributed by atoms with van der Waals surface area (Å²) in [5.41, 5.74) is 3.00. The number of aromatic nitrogens is 1. The molecule has 1 unspecified atom stereocenters. The Morgan fingerprint density at radius 3 is 3.00 bits per heavy atom. The second-order valence-electron chi connectivity index (χ2n) is 6.53. The van der Waals surface area contributed by atoms with Gasteiger partial charge >= 0.3 is 5.97 Å². The summed E-state index contributed by atoms with van der Waals surface area (Å²) < 4.78 is 35.8. The number of carbonyl (C=O) groups excluding carboxylic acids is 1. The standard InChI is InChI=1S/C22H24BrN3O3/c1-14(27)6-8-18-19(10-11-21(28)29-2)26-22(20-5-3-4-12-24-20)16-13-15(23)7-9-17(16)25-18/h3-5,7,9,12-14,19,27H,6,8,10-11H2,1-2H3/t14?,19-/m0/s1/i1D3,14D. The highest BCUT2D eigenvalue weighted by Gasteiger charge is 2.25. The van der Waals surface area contributed by atoms with E-state index in [1.165, 1.54) is 7.11 Å². The Bertz CT molecular complexity index is 1070. The van der Waals surface area contributed by atoms with E-state index in [0.717, 1.165) is 10.0 Å². The van der Waals surface area contributed by atoms with Crippen LogP contribution < -0.4 is 0 Å². The van der Waals surface area contributed by atoms with Crippen molar-refractivity contribution in [2.45, 2.75) is 44.7 Å². The number of esters is 1. The summed E-state index contributed by atoms with van der Waals surface area (Å²) in [5, 5.41) is 10.2. The smallest absolute Gasteiger partial charge is 0.305 e. The fourth-order valence-corrected chi connectivity index (χ4v) is 3.45. The number of benzene rings is 1. The summed E-state index contributed by atoms with van der Waals surface area (Å²) in [6, 6.07) is 10.4. The average Bonchev–Trinajstić information content (AvgIpc) is 2.92. The maximum atomic E-state index is 11.8. The van der Waals surface area contributed by atoms with E-state index in [4.69, 9.17) is 20.2 Å². The van der Waals surface area contributed by atoms with Crippen LogP contribution in [0.25, 0.3) is 0 Å². The highest BCUT2D eigenvalue weighted by molar-refractivity contribution is 9.10. The molecule has 2 heterocycles. The molecule has 1 N–H and O–H groups in total. The number of hydrogen-bond donors (Lipinski definition) is 1. The first-order chi connectivity index (χ1) is 15.5. The zero-order valence-electron chi connectivity index (χ0n) is 19.9. The van der Waals surface area contributed by atoms with Crippen LogP contribution in [0.1, 0.15) is 49.3 Å². The third-order valence-electron chi connectivity index (χ3n) is 4.52. The molecule has 0 amide bonds. The minimum Gasteiger partial charge on any atom is -0.469 e. The van der Waals surface area contributed by atoms with E-state index in [9.17, 15) is 9.90 Å². The molecular formula is C22H24BrN3O3. The summed E-state index contributed by atoms with van der Waals surface area (Å²) >= 11 is 3.48. The molecule has 1 aliphatic rings. The van der Waals surface area contributed by atoms with Crippen LogP contribution in [0.5, 0.6) is 0 Å². The largest absolute Gasteiger partial charge is 0.469 e. The molecule has 0 saturated heterocycles. The number of pyridine rings is 1. The van der Waals surface area contributed by atoms with Crippen LogP contribution in [0, 0.1) is 0 Å². The van der Waals surface area contributed by atoms with E-state index in [1.54, 1.807) is 18.3 Å². The lowest BCUT2D eigenvalue weighted by molar-refractivity contribution is -0.140. The van der Waals surface area contributed by atoms with E-state index in [1.807, 2.05) is 24.3 Å². The van der Waals surface area contributed by atoms with Gasteiger partial charge in [0, 0.05) is 32.5 Å². The van der Waals surface area contributed by atoms with Crippen LogP contribution in [0.2, 0.25) is 0 Å². The van der Waals surface area contributed by atoms with Gasteiger partial charge in [0.05, 0.1) is 37.7 Å². The molecule has 1 aromatic heterocycles. The van der Waals surface area contributed by atoms with Gasteiger partial charge in [-0.15, -0.1) is 0 Å². The number of aliphatic imine (C=N–C) groups is 2. The Morgan fingerprint density at radius 2 is 2.28 bits per heavy atom. The van der Waals surface area contributed by atoms with E-state index < -0.39 is 24.9 Å². The van der Waals surface area contributed by atoms with Gasteiger partial charge in [-0.1, -0.05) is 22.0 Å². The molecule has 6 nitrogen and oxygen atoms in total. The van der Waals surface area contributed by atoms with Crippen LogP contribution in [0.4, 0.5) is 5.69 Å². The average molecular weight is 462 g/mol. The van der Waals surface area contributed by atoms with Crippen LogP contribution in [-0.2, 0) is 9.53 Å². The van der Waals surface area contributed by atoms with Crippen molar-refractivity contribution in [3.63, 3.8) is 0 Å². The Labute approximate surface area is 184 Å². The maximum Gasteiger partial charge on any atom is 0.305 e. The van der Waals surface area contributed by atoms with Crippen LogP contribution in [0.15, 0.2) is 57.1 Å². The van der Waals surface area contributed by atoms with E-state index in [0.29, 0.717) is 22.8 Å². The lowest BCUT2D eigenvalue weighted by Crippen LogP contribution is -2.23. The molecule has 0 spiro atoms. The van der Waals surface area contributed by atoms with E-state index in [-0.39, 0.29) is 25.7 Å². The SMILES string of the molecule is [2H]C([2H])([2H])C([2H])(O)CCC1=Nc2ccc(Br)cc2C(c2ccccn2)=N[C@H]1CCC(=O)OC. The van der Waals surface area contributed by atoms with Gasteiger partial charge in [0.25, 0.3) is 0 Å². The monoisotopic (exact) mass is 461 g/mol. The molecule has 152 valence electrons. The second kappa shape index (κ2) is 9.89. The molecule has 29 heavy (non-hydrogen) atoms. The molecule has 1 aromatic carbocycles. The number of rotatable bonds is 7. The van der Waals surface area contributed by atoms with Gasteiger partial charge in [0.1, 0.15) is 0 Å². The third-order valence-corrected chi connectivity index (χ3v) is 5.02. The lowest BCUT2D eigenvalue weighted by atomic mass is 10.0. The van der Waals surface area contributed by atoms with Gasteiger partial charge in [-0.2, -0.15) is 0 Å². The molecule has 2 aromatic rings. The minimum atomic E-state index is -2.87. The molecule has 0 radical (unpaired) electrons. The second-order valence-corrected chi connectivity index (χ2v) is 7.45. The van der Waals surface area contributed by atoms with Gasteiger partial charge in [-0.3, -0.25) is 19.8 Å². The highest BCUT2D eigenvalue weighted by atomic mass is 79.9. The number of fused-ring (bicyclic) bond motifs is 1. The van der Waals surface area contributed by atoms with Crippen molar-refractivity contribution in [3.05, 3.63) is 58.3 Å². The van der Waals surface area contributed by atoms with Gasteiger partial charge in [0.2, 0.25) is 0 Å². The Hall–Kier alpha value is -2.38. The number of aliphatic hydroxyl groups is 1. The summed E-state index contributed by atoms with van der Waals surface area (Å²) in [5.74, 6) is -0.409. The fraction of sp³-hybridized carbons (Fsp3) is 0.364. The molecule has 7 heteroatoms. The Morgan fingerprint density at radius 1 is 1.41 bits per heavy atom. The van der Waals surface area contributed by atoms with Gasteiger partial charge in [-0.25, -0.2) is 0 Å². The van der Waals surface area contributed by atoms with Crippen molar-refractivity contribution in [3.8, 4) is 0 Å². The molecule has 0 fully saturated rings. The van der Waals surface area contributed by atoms with Crippen molar-refractivity contribution < 1.29 is 20.1 Å².